The standard InChI is InChI=1S/C18H31NO5.C17H29NO5/c1-12(2)10-14(8-9-16(21)23-7)11-15(20)13(3)19-17(22)24-18(4,5)6;1-11(2)9-13(7-8-15(20)21)10-14(19)12(3)18-16(22)23-17(4,5)6/h8-9,12-14H,10-11H2,1-7H3,(H,19,22);7-8,11-13H,9-10H2,1-6H3,(H,18,22)(H,20,21)/b9-8+;8-7+/t13-,14+;12-,13+/m00/s1. The van der Waals surface area contributed by atoms with Gasteiger partial charge in [-0.1, -0.05) is 39.8 Å². The van der Waals surface area contributed by atoms with Gasteiger partial charge >= 0.3 is 24.1 Å². The van der Waals surface area contributed by atoms with Gasteiger partial charge < -0.3 is 30.0 Å². The summed E-state index contributed by atoms with van der Waals surface area (Å²) in [5, 5.41) is 13.8. The van der Waals surface area contributed by atoms with Crippen molar-refractivity contribution in [2.45, 2.75) is 132 Å². The normalized spacial score (nSPS) is 14.4. The van der Waals surface area contributed by atoms with Crippen LogP contribution in [0.1, 0.15) is 109 Å². The van der Waals surface area contributed by atoms with Gasteiger partial charge in [0.2, 0.25) is 0 Å². The molecule has 0 rings (SSSR count). The number of amides is 2. The number of carbonyl (C=O) groups is 6. The molecule has 0 bridgehead atoms. The molecule has 0 spiro atoms. The Labute approximate surface area is 281 Å². The molecule has 47 heavy (non-hydrogen) atoms. The molecule has 0 unspecified atom stereocenters. The van der Waals surface area contributed by atoms with Crippen LogP contribution in [0.25, 0.3) is 0 Å². The summed E-state index contributed by atoms with van der Waals surface area (Å²) in [7, 11) is 1.31. The predicted octanol–water partition coefficient (Wildman–Crippen LogP) is 6.41. The maximum atomic E-state index is 12.3. The van der Waals surface area contributed by atoms with Gasteiger partial charge in [0.05, 0.1) is 19.2 Å². The molecule has 3 N–H and O–H groups in total. The molecular formula is C35H60N2O10. The van der Waals surface area contributed by atoms with Gasteiger partial charge in [-0.15, -0.1) is 0 Å². The van der Waals surface area contributed by atoms with Crippen molar-refractivity contribution in [3.8, 4) is 0 Å². The number of carboxylic acids is 1. The number of nitrogens with one attached hydrogen (secondary N) is 2. The number of carbonyl (C=O) groups excluding carboxylic acids is 5. The lowest BCUT2D eigenvalue weighted by atomic mass is 9.90. The second-order valence-electron chi connectivity index (χ2n) is 14.4. The molecule has 12 nitrogen and oxygen atoms in total. The van der Waals surface area contributed by atoms with E-state index in [-0.39, 0.29) is 36.2 Å². The van der Waals surface area contributed by atoms with Crippen LogP contribution in [-0.2, 0) is 33.4 Å². The summed E-state index contributed by atoms with van der Waals surface area (Å²) in [4.78, 5) is 69.8. The number of rotatable bonds is 16. The van der Waals surface area contributed by atoms with Crippen LogP contribution in [0.5, 0.6) is 0 Å². The maximum absolute atomic E-state index is 12.3. The van der Waals surface area contributed by atoms with Crippen LogP contribution in [0, 0.1) is 23.7 Å². The third kappa shape index (κ3) is 27.2. The van der Waals surface area contributed by atoms with Gasteiger partial charge in [-0.25, -0.2) is 19.2 Å². The molecular weight excluding hydrogens is 608 g/mol. The van der Waals surface area contributed by atoms with Crippen molar-refractivity contribution >= 4 is 35.7 Å². The van der Waals surface area contributed by atoms with Crippen LogP contribution in [0.3, 0.4) is 0 Å². The zero-order chi connectivity index (χ0) is 37.1. The van der Waals surface area contributed by atoms with E-state index < -0.39 is 47.4 Å². The molecule has 0 fully saturated rings. The zero-order valence-corrected chi connectivity index (χ0v) is 30.7. The van der Waals surface area contributed by atoms with Gasteiger partial charge in [0.15, 0.2) is 11.6 Å². The number of hydrogen-bond donors (Lipinski definition) is 3. The number of hydrogen-bond acceptors (Lipinski definition) is 9. The molecule has 0 heterocycles. The number of Topliss-reactive ketones (excluding diaryl/α,β-unsaturated/α-hetero) is 2. The minimum absolute atomic E-state index is 0.0838. The third-order valence-electron chi connectivity index (χ3n) is 6.12. The summed E-state index contributed by atoms with van der Waals surface area (Å²) < 4.78 is 14.8. The van der Waals surface area contributed by atoms with Crippen molar-refractivity contribution < 1.29 is 48.1 Å². The average Bonchev–Trinajstić information content (AvgIpc) is 2.87. The number of methoxy groups -OCH3 is 1. The Hall–Kier alpha value is -3.70. The first-order valence-electron chi connectivity index (χ1n) is 16.1. The van der Waals surface area contributed by atoms with Gasteiger partial charge in [0.25, 0.3) is 0 Å². The lowest BCUT2D eigenvalue weighted by Gasteiger charge is -2.22. The number of esters is 1. The highest BCUT2D eigenvalue weighted by atomic mass is 16.6. The molecule has 270 valence electrons. The highest BCUT2D eigenvalue weighted by Crippen LogP contribution is 2.20. The van der Waals surface area contributed by atoms with Crippen LogP contribution in [-0.4, -0.2) is 71.2 Å². The number of ether oxygens (including phenoxy) is 3. The van der Waals surface area contributed by atoms with Crippen molar-refractivity contribution in [2.75, 3.05) is 7.11 Å². The SMILES string of the molecule is CC(C)C[C@@H](/C=C/C(=O)O)CC(=O)[C@H](C)NC(=O)OC(C)(C)C.COC(=O)/C=C/[C@@H](CC(=O)[C@H](C)NC(=O)OC(C)(C)C)CC(C)C. The quantitative estimate of drug-likeness (QED) is 0.0947. The highest BCUT2D eigenvalue weighted by Gasteiger charge is 2.24. The topological polar surface area (TPSA) is 174 Å². The largest absolute Gasteiger partial charge is 0.478 e. The fraction of sp³-hybridized carbons (Fsp3) is 0.714. The van der Waals surface area contributed by atoms with E-state index in [4.69, 9.17) is 14.6 Å². The maximum Gasteiger partial charge on any atom is 0.408 e. The van der Waals surface area contributed by atoms with Crippen LogP contribution >= 0.6 is 0 Å². The molecule has 0 aliphatic carbocycles. The summed E-state index contributed by atoms with van der Waals surface area (Å²) in [5.41, 5.74) is -1.24. The monoisotopic (exact) mass is 668 g/mol. The van der Waals surface area contributed by atoms with Crippen molar-refractivity contribution in [1.29, 1.82) is 0 Å². The molecule has 4 atom stereocenters. The van der Waals surface area contributed by atoms with E-state index in [0.29, 0.717) is 18.3 Å². The molecule has 0 aromatic heterocycles. The van der Waals surface area contributed by atoms with E-state index in [1.54, 1.807) is 67.5 Å². The van der Waals surface area contributed by atoms with E-state index in [9.17, 15) is 28.8 Å². The molecule has 0 aliphatic rings. The number of allylic oxidation sites excluding steroid dienone is 2. The van der Waals surface area contributed by atoms with Crippen molar-refractivity contribution in [3.63, 3.8) is 0 Å². The fourth-order valence-electron chi connectivity index (χ4n) is 4.17. The van der Waals surface area contributed by atoms with Gasteiger partial charge in [0.1, 0.15) is 11.2 Å². The second-order valence-corrected chi connectivity index (χ2v) is 14.4. The van der Waals surface area contributed by atoms with Gasteiger partial charge in [-0.05, 0) is 91.9 Å². The minimum atomic E-state index is -1.04. The number of carboxylic acid groups (broad SMARTS) is 1. The smallest absolute Gasteiger partial charge is 0.408 e. The first-order chi connectivity index (χ1) is 21.3. The Balaban J connectivity index is 0. The summed E-state index contributed by atoms with van der Waals surface area (Å²) in [5.74, 6) is -1.29. The van der Waals surface area contributed by atoms with Crippen LogP contribution < -0.4 is 10.6 Å². The highest BCUT2D eigenvalue weighted by molar-refractivity contribution is 5.88. The zero-order valence-electron chi connectivity index (χ0n) is 30.7. The second kappa shape index (κ2) is 22.0. The molecule has 0 aliphatic heterocycles. The Kier molecular flexibility index (Phi) is 21.2. The Bertz CT molecular complexity index is 1080. The molecule has 12 heteroatoms. The predicted molar refractivity (Wildman–Crippen MR) is 181 cm³/mol. The van der Waals surface area contributed by atoms with Gasteiger partial charge in [-0.3, -0.25) is 9.59 Å². The Morgan fingerprint density at radius 3 is 1.26 bits per heavy atom. The van der Waals surface area contributed by atoms with Crippen LogP contribution in [0.15, 0.2) is 24.3 Å². The van der Waals surface area contributed by atoms with Crippen LogP contribution in [0.2, 0.25) is 0 Å². The van der Waals surface area contributed by atoms with Crippen molar-refractivity contribution in [2.24, 2.45) is 23.7 Å². The van der Waals surface area contributed by atoms with Crippen molar-refractivity contribution in [3.05, 3.63) is 24.3 Å². The Morgan fingerprint density at radius 2 is 0.979 bits per heavy atom. The lowest BCUT2D eigenvalue weighted by molar-refractivity contribution is -0.135. The first kappa shape index (κ1) is 45.4. The molecule has 0 radical (unpaired) electrons. The van der Waals surface area contributed by atoms with Gasteiger partial charge in [0, 0.05) is 25.0 Å². The fourth-order valence-corrected chi connectivity index (χ4v) is 4.17. The lowest BCUT2D eigenvalue weighted by Crippen LogP contribution is -2.42. The minimum Gasteiger partial charge on any atom is -0.478 e. The molecule has 2 amide bonds. The summed E-state index contributed by atoms with van der Waals surface area (Å²) in [6.45, 7) is 21.8. The first-order valence-corrected chi connectivity index (χ1v) is 16.1. The van der Waals surface area contributed by atoms with E-state index in [1.165, 1.54) is 13.2 Å². The third-order valence-corrected chi connectivity index (χ3v) is 6.12. The number of ketones is 2. The number of alkyl carbamates (subject to hydrolysis) is 2. The van der Waals surface area contributed by atoms with E-state index in [2.05, 4.69) is 15.4 Å². The van der Waals surface area contributed by atoms with E-state index in [0.717, 1.165) is 12.5 Å². The van der Waals surface area contributed by atoms with E-state index in [1.807, 2.05) is 27.7 Å². The molecule has 0 saturated heterocycles. The number of aliphatic carboxylic acids is 1. The van der Waals surface area contributed by atoms with E-state index >= 15 is 0 Å². The molecule has 0 saturated carbocycles. The van der Waals surface area contributed by atoms with Crippen LogP contribution in [0.4, 0.5) is 9.59 Å². The molecule has 0 aromatic carbocycles. The summed E-state index contributed by atoms with van der Waals surface area (Å²) in [6, 6.07) is -1.33. The summed E-state index contributed by atoms with van der Waals surface area (Å²) >= 11 is 0. The van der Waals surface area contributed by atoms with Gasteiger partial charge in [-0.2, -0.15) is 0 Å². The Morgan fingerprint density at radius 1 is 0.638 bits per heavy atom. The van der Waals surface area contributed by atoms with Crippen molar-refractivity contribution in [1.82, 2.24) is 10.6 Å². The average molecular weight is 669 g/mol. The molecule has 0 aromatic rings. The summed E-state index contributed by atoms with van der Waals surface area (Å²) in [6.07, 6.45) is 6.27.